The summed E-state index contributed by atoms with van der Waals surface area (Å²) in [5.41, 5.74) is 0.523. The highest BCUT2D eigenvalue weighted by Crippen LogP contribution is 2.04. The molecule has 0 aromatic carbocycles. The maximum Gasteiger partial charge on any atom is 0.326 e. The highest BCUT2D eigenvalue weighted by Gasteiger charge is 2.13. The van der Waals surface area contributed by atoms with Gasteiger partial charge in [-0.1, -0.05) is 0 Å². The minimum Gasteiger partial charge on any atom is -0.305 e. The predicted octanol–water partition coefficient (Wildman–Crippen LogP) is 1.18. The molecule has 2 N–H and O–H groups in total. The van der Waals surface area contributed by atoms with Crippen LogP contribution in [-0.2, 0) is 11.3 Å². The number of halogens is 1. The van der Waals surface area contributed by atoms with Crippen molar-refractivity contribution in [3.63, 3.8) is 0 Å². The normalized spacial score (nSPS) is 11.9. The van der Waals surface area contributed by atoms with Crippen LogP contribution in [0.25, 0.3) is 0 Å². The molecule has 1 aromatic heterocycles. The molecule has 0 saturated carbocycles. The SMILES string of the molecule is CCn1cc(NC(=O)NC(=O)C(C)Cl)cn1. The lowest BCUT2D eigenvalue weighted by Crippen LogP contribution is -2.38. The Morgan fingerprint density at radius 2 is 2.31 bits per heavy atom. The van der Waals surface area contributed by atoms with Crippen molar-refractivity contribution in [2.75, 3.05) is 5.32 Å². The van der Waals surface area contributed by atoms with E-state index >= 15 is 0 Å². The van der Waals surface area contributed by atoms with Crippen LogP contribution < -0.4 is 10.6 Å². The standard InChI is InChI=1S/C9H13ClN4O2/c1-3-14-5-7(4-11-14)12-9(16)13-8(15)6(2)10/h4-6H,3H2,1-2H3,(H2,12,13,15,16). The van der Waals surface area contributed by atoms with Crippen LogP contribution in [0.4, 0.5) is 10.5 Å². The van der Waals surface area contributed by atoms with Crippen molar-refractivity contribution < 1.29 is 9.59 Å². The number of hydrogen-bond donors (Lipinski definition) is 2. The smallest absolute Gasteiger partial charge is 0.305 e. The fourth-order valence-electron chi connectivity index (χ4n) is 0.975. The minimum atomic E-state index is -0.746. The highest BCUT2D eigenvalue weighted by molar-refractivity contribution is 6.31. The molecule has 0 bridgehead atoms. The first-order valence-electron chi connectivity index (χ1n) is 4.81. The Labute approximate surface area is 98.0 Å². The van der Waals surface area contributed by atoms with Crippen molar-refractivity contribution >= 4 is 29.2 Å². The molecule has 0 aliphatic heterocycles. The zero-order chi connectivity index (χ0) is 12.1. The number of imide groups is 1. The van der Waals surface area contributed by atoms with Gasteiger partial charge in [-0.15, -0.1) is 11.6 Å². The van der Waals surface area contributed by atoms with Crippen LogP contribution in [0.5, 0.6) is 0 Å². The van der Waals surface area contributed by atoms with Crippen LogP contribution in [0.3, 0.4) is 0 Å². The molecule has 1 heterocycles. The summed E-state index contributed by atoms with van der Waals surface area (Å²) in [6.45, 7) is 4.12. The van der Waals surface area contributed by atoms with Crippen molar-refractivity contribution in [3.8, 4) is 0 Å². The highest BCUT2D eigenvalue weighted by atomic mass is 35.5. The molecule has 1 rings (SSSR count). The molecular weight excluding hydrogens is 232 g/mol. The average molecular weight is 245 g/mol. The van der Waals surface area contributed by atoms with Gasteiger partial charge in [-0.2, -0.15) is 5.10 Å². The Hall–Kier alpha value is -1.56. The van der Waals surface area contributed by atoms with Gasteiger partial charge in [-0.05, 0) is 13.8 Å². The number of hydrogen-bond acceptors (Lipinski definition) is 3. The van der Waals surface area contributed by atoms with Crippen LogP contribution in [0, 0.1) is 0 Å². The molecule has 0 saturated heterocycles. The molecule has 1 aromatic rings. The van der Waals surface area contributed by atoms with Gasteiger partial charge >= 0.3 is 6.03 Å². The second kappa shape index (κ2) is 5.50. The van der Waals surface area contributed by atoms with Crippen LogP contribution in [0.15, 0.2) is 12.4 Å². The summed E-state index contributed by atoms with van der Waals surface area (Å²) >= 11 is 5.49. The van der Waals surface area contributed by atoms with Crippen molar-refractivity contribution in [1.82, 2.24) is 15.1 Å². The number of carbonyl (C=O) groups is 2. The molecule has 16 heavy (non-hydrogen) atoms. The lowest BCUT2D eigenvalue weighted by atomic mass is 10.4. The van der Waals surface area contributed by atoms with Crippen LogP contribution in [0.1, 0.15) is 13.8 Å². The van der Waals surface area contributed by atoms with E-state index in [0.717, 1.165) is 0 Å². The third-order valence-corrected chi connectivity index (χ3v) is 2.01. The van der Waals surface area contributed by atoms with Crippen LogP contribution in [-0.4, -0.2) is 27.1 Å². The Morgan fingerprint density at radius 3 is 2.81 bits per heavy atom. The van der Waals surface area contributed by atoms with Crippen LogP contribution in [0.2, 0.25) is 0 Å². The summed E-state index contributed by atoms with van der Waals surface area (Å²) in [4.78, 5) is 22.4. The molecular formula is C9H13ClN4O2. The molecule has 0 aliphatic carbocycles. The number of amides is 3. The maximum absolute atomic E-state index is 11.3. The second-order valence-corrected chi connectivity index (χ2v) is 3.80. The summed E-state index contributed by atoms with van der Waals surface area (Å²) in [6.07, 6.45) is 3.16. The topological polar surface area (TPSA) is 76.0 Å². The number of anilines is 1. The van der Waals surface area contributed by atoms with E-state index in [2.05, 4.69) is 15.7 Å². The maximum atomic E-state index is 11.3. The van der Waals surface area contributed by atoms with E-state index in [1.165, 1.54) is 13.1 Å². The monoisotopic (exact) mass is 244 g/mol. The molecule has 0 radical (unpaired) electrons. The van der Waals surface area contributed by atoms with Crippen molar-refractivity contribution in [2.24, 2.45) is 0 Å². The van der Waals surface area contributed by atoms with E-state index in [0.29, 0.717) is 12.2 Å². The molecule has 1 atom stereocenters. The number of alkyl halides is 1. The number of nitrogens with one attached hydrogen (secondary N) is 2. The molecule has 1 unspecified atom stereocenters. The van der Waals surface area contributed by atoms with Gasteiger partial charge in [0, 0.05) is 12.7 Å². The van der Waals surface area contributed by atoms with E-state index in [1.54, 1.807) is 10.9 Å². The zero-order valence-corrected chi connectivity index (χ0v) is 9.78. The third kappa shape index (κ3) is 3.54. The number of urea groups is 1. The molecule has 6 nitrogen and oxygen atoms in total. The van der Waals surface area contributed by atoms with Gasteiger partial charge in [0.2, 0.25) is 5.91 Å². The Balaban J connectivity index is 2.48. The fourth-order valence-corrected chi connectivity index (χ4v) is 1.03. The van der Waals surface area contributed by atoms with Crippen LogP contribution >= 0.6 is 11.6 Å². The van der Waals surface area contributed by atoms with E-state index in [9.17, 15) is 9.59 Å². The second-order valence-electron chi connectivity index (χ2n) is 3.14. The molecule has 0 aliphatic rings. The molecule has 7 heteroatoms. The number of carbonyl (C=O) groups excluding carboxylic acids is 2. The first-order chi connectivity index (χ1) is 7.52. The third-order valence-electron chi connectivity index (χ3n) is 1.81. The number of nitrogens with zero attached hydrogens (tertiary/aromatic N) is 2. The summed E-state index contributed by atoms with van der Waals surface area (Å²) in [7, 11) is 0. The Kier molecular flexibility index (Phi) is 4.30. The zero-order valence-electron chi connectivity index (χ0n) is 9.03. The van der Waals surface area contributed by atoms with Crippen molar-refractivity contribution in [3.05, 3.63) is 12.4 Å². The lowest BCUT2D eigenvalue weighted by molar-refractivity contribution is -0.119. The average Bonchev–Trinajstić information content (AvgIpc) is 2.65. The van der Waals surface area contributed by atoms with Gasteiger partial charge in [-0.25, -0.2) is 4.79 Å². The number of rotatable bonds is 3. The predicted molar refractivity (Wildman–Crippen MR) is 60.4 cm³/mol. The van der Waals surface area contributed by atoms with Crippen molar-refractivity contribution in [2.45, 2.75) is 25.8 Å². The van der Waals surface area contributed by atoms with E-state index < -0.39 is 17.3 Å². The quantitative estimate of drug-likeness (QED) is 0.784. The Bertz CT molecular complexity index is 389. The first-order valence-corrected chi connectivity index (χ1v) is 5.25. The summed E-state index contributed by atoms with van der Waals surface area (Å²) in [5, 5.41) is 7.79. The Morgan fingerprint density at radius 1 is 1.62 bits per heavy atom. The summed E-state index contributed by atoms with van der Waals surface area (Å²) in [5.74, 6) is -0.540. The van der Waals surface area contributed by atoms with Gasteiger partial charge in [0.05, 0.1) is 11.9 Å². The summed E-state index contributed by atoms with van der Waals surface area (Å²) in [6, 6.07) is -0.617. The number of aryl methyl sites for hydroxylation is 1. The minimum absolute atomic E-state index is 0.523. The van der Waals surface area contributed by atoms with Gasteiger partial charge in [0.1, 0.15) is 5.38 Å². The van der Waals surface area contributed by atoms with E-state index in [4.69, 9.17) is 11.6 Å². The summed E-state index contributed by atoms with van der Waals surface area (Å²) < 4.78 is 1.65. The largest absolute Gasteiger partial charge is 0.326 e. The van der Waals surface area contributed by atoms with Crippen molar-refractivity contribution in [1.29, 1.82) is 0 Å². The van der Waals surface area contributed by atoms with E-state index in [-0.39, 0.29) is 0 Å². The molecule has 88 valence electrons. The molecule has 0 spiro atoms. The molecule has 0 fully saturated rings. The number of aromatic nitrogens is 2. The fraction of sp³-hybridized carbons (Fsp3) is 0.444. The van der Waals surface area contributed by atoms with Gasteiger partial charge < -0.3 is 5.32 Å². The van der Waals surface area contributed by atoms with Gasteiger partial charge in [0.25, 0.3) is 0 Å². The van der Waals surface area contributed by atoms with E-state index in [1.807, 2.05) is 6.92 Å². The van der Waals surface area contributed by atoms with Gasteiger partial charge in [-0.3, -0.25) is 14.8 Å². The van der Waals surface area contributed by atoms with Gasteiger partial charge in [0.15, 0.2) is 0 Å². The molecule has 3 amide bonds. The first kappa shape index (κ1) is 12.5. The lowest BCUT2D eigenvalue weighted by Gasteiger charge is -2.05.